The van der Waals surface area contributed by atoms with Gasteiger partial charge in [0.1, 0.15) is 0 Å². The molecule has 3 aliphatic heterocycles. The molecule has 2 N–H and O–H groups in total. The number of hydrogen-bond acceptors (Lipinski definition) is 5. The summed E-state index contributed by atoms with van der Waals surface area (Å²) < 4.78 is 16.5. The molecule has 0 aromatic carbocycles. The summed E-state index contributed by atoms with van der Waals surface area (Å²) in [4.78, 5) is 20.6. The summed E-state index contributed by atoms with van der Waals surface area (Å²) in [6, 6.07) is 0. The molecule has 3 aliphatic rings. The zero-order valence-corrected chi connectivity index (χ0v) is 12.0. The van der Waals surface area contributed by atoms with Gasteiger partial charge in [0.05, 0.1) is 0 Å². The van der Waals surface area contributed by atoms with E-state index in [4.69, 9.17) is 18.6 Å². The molecule has 9 heteroatoms. The molecule has 0 amide bonds. The number of hydrogen-bond donors (Lipinski definition) is 2. The number of carboxylic acid groups (broad SMARTS) is 2. The number of rotatable bonds is 6. The van der Waals surface area contributed by atoms with E-state index < -0.39 is 40.5 Å². The Morgan fingerprint density at radius 3 is 1.47 bits per heavy atom. The monoisotopic (exact) mass is 342 g/mol. The maximum absolute atomic E-state index is 10.3. The van der Waals surface area contributed by atoms with Gasteiger partial charge in [0.25, 0.3) is 0 Å². The van der Waals surface area contributed by atoms with Crippen LogP contribution in [0.3, 0.4) is 0 Å². The molecule has 3 rings (SSSR count). The van der Waals surface area contributed by atoms with Gasteiger partial charge in [0.2, 0.25) is 0 Å². The molecule has 0 atom stereocenters. The van der Waals surface area contributed by atoms with E-state index in [1.54, 1.807) is 0 Å². The summed E-state index contributed by atoms with van der Waals surface area (Å²) >= 11 is -6.09. The Balaban J connectivity index is 1.70. The summed E-state index contributed by atoms with van der Waals surface area (Å²) in [5, 5.41) is 17.6. The quantitative estimate of drug-likeness (QED) is 0.651. The van der Waals surface area contributed by atoms with Crippen LogP contribution in [-0.2, 0) is 18.0 Å². The summed E-state index contributed by atoms with van der Waals surface area (Å²) in [6.07, 6.45) is -0.00546. The van der Waals surface area contributed by atoms with Gasteiger partial charge in [-0.1, -0.05) is 0 Å². The zero-order chi connectivity index (χ0) is 11.1. The van der Waals surface area contributed by atoms with Gasteiger partial charge in [0, 0.05) is 0 Å². The van der Waals surface area contributed by atoms with E-state index in [-0.39, 0.29) is 12.8 Å². The van der Waals surface area contributed by atoms with E-state index >= 15 is 0 Å². The van der Waals surface area contributed by atoms with Gasteiger partial charge < -0.3 is 0 Å². The van der Waals surface area contributed by atoms with Crippen molar-refractivity contribution in [2.24, 2.45) is 0 Å². The summed E-state index contributed by atoms with van der Waals surface area (Å²) in [7, 11) is 0. The van der Waals surface area contributed by atoms with E-state index in [2.05, 4.69) is 0 Å². The molecule has 0 aromatic heterocycles. The Labute approximate surface area is 92.1 Å². The molecule has 84 valence electrons. The number of aliphatic carboxylic acids is 2. The minimum absolute atomic E-state index is 0.00273. The first-order valence-corrected chi connectivity index (χ1v) is 12.6. The second kappa shape index (κ2) is 3.73. The van der Waals surface area contributed by atoms with Crippen molar-refractivity contribution in [1.29, 1.82) is 0 Å². The Bertz CT molecular complexity index is 269. The van der Waals surface area contributed by atoms with Crippen molar-refractivity contribution in [2.45, 2.75) is 23.3 Å². The van der Waals surface area contributed by atoms with Gasteiger partial charge in [-0.2, -0.15) is 0 Å². The molecule has 0 aliphatic carbocycles. The standard InChI is InChI=1S/C6H10Ge2O7/c9-5(10)1-3-7-13-8(14-7,15-7)4-2-6(11)12/h1-4H2,(H,9,10)(H,11,12). The van der Waals surface area contributed by atoms with Gasteiger partial charge >= 0.3 is 92.0 Å². The van der Waals surface area contributed by atoms with Crippen molar-refractivity contribution in [1.82, 2.24) is 0 Å². The molecule has 3 saturated heterocycles. The Kier molecular flexibility index (Phi) is 2.84. The fourth-order valence-electron chi connectivity index (χ4n) is 1.56. The third-order valence-corrected chi connectivity index (χ3v) is 30.1. The zero-order valence-electron chi connectivity index (χ0n) is 7.76. The average molecular weight is 339 g/mol. The normalized spacial score (nSPS) is 36.5. The van der Waals surface area contributed by atoms with Crippen molar-refractivity contribution >= 4 is 40.5 Å². The third-order valence-electron chi connectivity index (χ3n) is 2.22. The minimum atomic E-state index is -3.04. The Morgan fingerprint density at radius 1 is 0.867 bits per heavy atom. The van der Waals surface area contributed by atoms with Gasteiger partial charge in [-0.3, -0.25) is 0 Å². The predicted molar refractivity (Wildman–Crippen MR) is 48.9 cm³/mol. The second-order valence-electron chi connectivity index (χ2n) is 3.46. The van der Waals surface area contributed by atoms with Gasteiger partial charge in [0.15, 0.2) is 0 Å². The average Bonchev–Trinajstić information content (AvgIpc) is 1.97. The first-order chi connectivity index (χ1) is 6.95. The van der Waals surface area contributed by atoms with Crippen molar-refractivity contribution in [3.05, 3.63) is 0 Å². The van der Waals surface area contributed by atoms with Crippen molar-refractivity contribution in [3.63, 3.8) is 0 Å². The molecule has 2 bridgehead atoms. The molecule has 3 fully saturated rings. The van der Waals surface area contributed by atoms with Gasteiger partial charge in [-0.05, 0) is 0 Å². The van der Waals surface area contributed by atoms with Crippen LogP contribution in [0.2, 0.25) is 10.5 Å². The van der Waals surface area contributed by atoms with Crippen LogP contribution in [0.25, 0.3) is 0 Å². The molecule has 0 spiro atoms. The third kappa shape index (κ3) is 2.20. The number of carboxylic acids is 2. The first kappa shape index (κ1) is 11.4. The van der Waals surface area contributed by atoms with Crippen molar-refractivity contribution in [2.75, 3.05) is 0 Å². The van der Waals surface area contributed by atoms with E-state index in [0.29, 0.717) is 10.5 Å². The van der Waals surface area contributed by atoms with E-state index in [1.807, 2.05) is 0 Å². The first-order valence-electron chi connectivity index (χ1n) is 4.49. The molecule has 15 heavy (non-hydrogen) atoms. The fraction of sp³-hybridized carbons (Fsp3) is 0.667. The van der Waals surface area contributed by atoms with Crippen LogP contribution in [0, 0.1) is 0 Å². The van der Waals surface area contributed by atoms with Crippen molar-refractivity contribution in [3.8, 4) is 0 Å². The molecule has 0 radical (unpaired) electrons. The second-order valence-corrected chi connectivity index (χ2v) is 19.3. The van der Waals surface area contributed by atoms with Gasteiger partial charge in [-0.25, -0.2) is 0 Å². The van der Waals surface area contributed by atoms with Crippen LogP contribution in [0.4, 0.5) is 0 Å². The molecular weight excluding hydrogens is 329 g/mol. The van der Waals surface area contributed by atoms with Crippen LogP contribution in [0.5, 0.6) is 0 Å². The van der Waals surface area contributed by atoms with E-state index in [0.717, 1.165) is 0 Å². The van der Waals surface area contributed by atoms with Gasteiger partial charge in [-0.15, -0.1) is 0 Å². The van der Waals surface area contributed by atoms with Crippen molar-refractivity contribution < 1.29 is 28.2 Å². The fourth-order valence-corrected chi connectivity index (χ4v) is 30.8. The summed E-state index contributed by atoms with van der Waals surface area (Å²) in [6.45, 7) is 0. The maximum atomic E-state index is 10.3. The van der Waals surface area contributed by atoms with Crippen LogP contribution in [0.15, 0.2) is 0 Å². The summed E-state index contributed by atoms with van der Waals surface area (Å²) in [5.74, 6) is -1.79. The van der Waals surface area contributed by atoms with Crippen LogP contribution < -0.4 is 0 Å². The molecule has 0 unspecified atom stereocenters. The molecule has 7 nitrogen and oxygen atoms in total. The molecular formula is C6H10Ge2O7. The van der Waals surface area contributed by atoms with Crippen LogP contribution in [-0.4, -0.2) is 50.7 Å². The molecule has 0 saturated carbocycles. The van der Waals surface area contributed by atoms with E-state index in [1.165, 1.54) is 0 Å². The van der Waals surface area contributed by atoms with Crippen LogP contribution >= 0.6 is 0 Å². The Hall–Kier alpha value is -0.0943. The topological polar surface area (TPSA) is 102 Å². The van der Waals surface area contributed by atoms with E-state index in [9.17, 15) is 9.59 Å². The Morgan fingerprint density at radius 2 is 1.20 bits per heavy atom. The molecule has 3 heterocycles. The molecule has 0 aromatic rings. The summed E-state index contributed by atoms with van der Waals surface area (Å²) in [5.41, 5.74) is 0. The van der Waals surface area contributed by atoms with Crippen LogP contribution in [0.1, 0.15) is 12.8 Å². The SMILES string of the molecule is O=C(O)C[CH2][Ge]12[O][Ge]([CH2]CC(=O)O)([O]1)[O]2. The predicted octanol–water partition coefficient (Wildman–Crippen LogP) is -0.109. The number of carbonyl (C=O) groups is 2.